The highest BCUT2D eigenvalue weighted by molar-refractivity contribution is 7.99. The molecule has 0 aliphatic carbocycles. The van der Waals surface area contributed by atoms with E-state index in [0.29, 0.717) is 0 Å². The number of carboxylic acid groups (broad SMARTS) is 1. The highest BCUT2D eigenvalue weighted by Gasteiger charge is 2.12. The molecule has 0 saturated carbocycles. The van der Waals surface area contributed by atoms with Crippen LogP contribution in [0.2, 0.25) is 0 Å². The van der Waals surface area contributed by atoms with Crippen LogP contribution in [0, 0.1) is 6.92 Å². The number of hydrogen-bond donors (Lipinski definition) is 1. The molecule has 0 spiro atoms. The summed E-state index contributed by atoms with van der Waals surface area (Å²) in [6, 6.07) is 5.73. The summed E-state index contributed by atoms with van der Waals surface area (Å²) in [5.41, 5.74) is 1.77. The van der Waals surface area contributed by atoms with Crippen molar-refractivity contribution in [1.82, 2.24) is 0 Å². The Morgan fingerprint density at radius 2 is 2.20 bits per heavy atom. The van der Waals surface area contributed by atoms with Crippen LogP contribution < -0.4 is 4.90 Å². The van der Waals surface area contributed by atoms with Crippen molar-refractivity contribution in [3.63, 3.8) is 0 Å². The maximum Gasteiger partial charge on any atom is 0.411 e. The molecule has 0 heterocycles. The zero-order valence-corrected chi connectivity index (χ0v) is 9.97. The number of hydrogen-bond acceptors (Lipinski definition) is 2. The fourth-order valence-electron chi connectivity index (χ4n) is 1.38. The molecule has 0 aliphatic heterocycles. The Morgan fingerprint density at radius 1 is 1.53 bits per heavy atom. The lowest BCUT2D eigenvalue weighted by Gasteiger charge is -2.17. The van der Waals surface area contributed by atoms with Crippen LogP contribution in [0.3, 0.4) is 0 Å². The summed E-state index contributed by atoms with van der Waals surface area (Å²) < 4.78 is 0. The van der Waals surface area contributed by atoms with E-state index in [1.54, 1.807) is 18.8 Å². The minimum atomic E-state index is -0.934. The maximum atomic E-state index is 10.8. The van der Waals surface area contributed by atoms with Crippen molar-refractivity contribution < 1.29 is 9.90 Å². The Kier molecular flexibility index (Phi) is 4.03. The Hall–Kier alpha value is -1.16. The average molecular weight is 225 g/mol. The number of anilines is 1. The second-order valence-electron chi connectivity index (χ2n) is 3.17. The van der Waals surface area contributed by atoms with E-state index in [1.807, 2.05) is 25.1 Å². The van der Waals surface area contributed by atoms with Gasteiger partial charge in [-0.2, -0.15) is 0 Å². The van der Waals surface area contributed by atoms with Crippen LogP contribution in [-0.2, 0) is 0 Å². The second-order valence-corrected chi connectivity index (χ2v) is 4.48. The molecule has 1 N–H and O–H groups in total. The summed E-state index contributed by atoms with van der Waals surface area (Å²) in [5.74, 6) is 0.987. The SMILES string of the molecule is CCSc1cccc(N(C)C(=O)O)c1C. The van der Waals surface area contributed by atoms with Gasteiger partial charge in [0, 0.05) is 11.9 Å². The van der Waals surface area contributed by atoms with Gasteiger partial charge in [-0.25, -0.2) is 4.79 Å². The van der Waals surface area contributed by atoms with Gasteiger partial charge >= 0.3 is 6.09 Å². The fourth-order valence-corrected chi connectivity index (χ4v) is 2.19. The third kappa shape index (κ3) is 2.65. The van der Waals surface area contributed by atoms with Crippen LogP contribution in [0.1, 0.15) is 12.5 Å². The zero-order valence-electron chi connectivity index (χ0n) is 9.15. The summed E-state index contributed by atoms with van der Waals surface area (Å²) in [6.45, 7) is 4.03. The van der Waals surface area contributed by atoms with Crippen LogP contribution in [0.4, 0.5) is 10.5 Å². The highest BCUT2D eigenvalue weighted by atomic mass is 32.2. The van der Waals surface area contributed by atoms with E-state index in [0.717, 1.165) is 21.9 Å². The molecule has 0 bridgehead atoms. The lowest BCUT2D eigenvalue weighted by molar-refractivity contribution is 0.203. The predicted molar refractivity (Wildman–Crippen MR) is 64.0 cm³/mol. The Balaban J connectivity index is 3.08. The molecule has 1 aromatic carbocycles. The maximum absolute atomic E-state index is 10.8. The summed E-state index contributed by atoms with van der Waals surface area (Å²) in [4.78, 5) is 13.2. The first kappa shape index (κ1) is 11.9. The third-order valence-electron chi connectivity index (χ3n) is 2.20. The first-order valence-corrected chi connectivity index (χ1v) is 5.75. The van der Waals surface area contributed by atoms with Gasteiger partial charge in [0.25, 0.3) is 0 Å². The van der Waals surface area contributed by atoms with Crippen molar-refractivity contribution in [2.24, 2.45) is 0 Å². The summed E-state index contributed by atoms with van der Waals surface area (Å²) >= 11 is 1.73. The van der Waals surface area contributed by atoms with Gasteiger partial charge in [-0.3, -0.25) is 4.90 Å². The average Bonchev–Trinajstić information content (AvgIpc) is 2.20. The van der Waals surface area contributed by atoms with E-state index < -0.39 is 6.09 Å². The molecular weight excluding hydrogens is 210 g/mol. The number of benzene rings is 1. The van der Waals surface area contributed by atoms with Crippen LogP contribution >= 0.6 is 11.8 Å². The zero-order chi connectivity index (χ0) is 11.4. The minimum Gasteiger partial charge on any atom is -0.465 e. The molecule has 0 aromatic heterocycles. The lowest BCUT2D eigenvalue weighted by Crippen LogP contribution is -2.24. The van der Waals surface area contributed by atoms with E-state index in [2.05, 4.69) is 6.92 Å². The van der Waals surface area contributed by atoms with Gasteiger partial charge in [0.05, 0.1) is 5.69 Å². The minimum absolute atomic E-state index is 0.751. The second kappa shape index (κ2) is 5.07. The van der Waals surface area contributed by atoms with Gasteiger partial charge in [-0.1, -0.05) is 13.0 Å². The van der Waals surface area contributed by atoms with Crippen LogP contribution in [-0.4, -0.2) is 24.0 Å². The largest absolute Gasteiger partial charge is 0.465 e. The smallest absolute Gasteiger partial charge is 0.411 e. The molecule has 1 rings (SSSR count). The number of rotatable bonds is 3. The third-order valence-corrected chi connectivity index (χ3v) is 3.25. The van der Waals surface area contributed by atoms with Crippen molar-refractivity contribution in [3.05, 3.63) is 23.8 Å². The number of nitrogens with zero attached hydrogens (tertiary/aromatic N) is 1. The predicted octanol–water partition coefficient (Wildman–Crippen LogP) is 3.22. The van der Waals surface area contributed by atoms with Gasteiger partial charge in [0.15, 0.2) is 0 Å². The molecule has 3 nitrogen and oxygen atoms in total. The summed E-state index contributed by atoms with van der Waals surface area (Å²) in [7, 11) is 1.56. The van der Waals surface area contributed by atoms with E-state index >= 15 is 0 Å². The number of carbonyl (C=O) groups is 1. The van der Waals surface area contributed by atoms with Gasteiger partial charge < -0.3 is 5.11 Å². The molecule has 0 aliphatic rings. The van der Waals surface area contributed by atoms with Crippen LogP contribution in [0.5, 0.6) is 0 Å². The van der Waals surface area contributed by atoms with E-state index in [9.17, 15) is 4.79 Å². The van der Waals surface area contributed by atoms with Gasteiger partial charge in [0.2, 0.25) is 0 Å². The quantitative estimate of drug-likeness (QED) is 0.803. The fraction of sp³-hybridized carbons (Fsp3) is 0.364. The molecule has 1 amide bonds. The molecule has 0 saturated heterocycles. The van der Waals surface area contributed by atoms with E-state index in [1.165, 1.54) is 4.90 Å². The molecule has 4 heteroatoms. The monoisotopic (exact) mass is 225 g/mol. The molecule has 0 atom stereocenters. The normalized spacial score (nSPS) is 10.1. The van der Waals surface area contributed by atoms with Gasteiger partial charge in [-0.05, 0) is 30.4 Å². The van der Waals surface area contributed by atoms with Crippen molar-refractivity contribution in [2.75, 3.05) is 17.7 Å². The summed E-state index contributed by atoms with van der Waals surface area (Å²) in [6.07, 6.45) is -0.934. The topological polar surface area (TPSA) is 40.5 Å². The summed E-state index contributed by atoms with van der Waals surface area (Å²) in [5, 5.41) is 8.90. The van der Waals surface area contributed by atoms with Crippen molar-refractivity contribution in [2.45, 2.75) is 18.7 Å². The lowest BCUT2D eigenvalue weighted by atomic mass is 10.2. The Bertz CT molecular complexity index is 366. The highest BCUT2D eigenvalue weighted by Crippen LogP contribution is 2.29. The number of amides is 1. The van der Waals surface area contributed by atoms with Gasteiger partial charge in [-0.15, -0.1) is 11.8 Å². The van der Waals surface area contributed by atoms with Crippen molar-refractivity contribution in [3.8, 4) is 0 Å². The molecule has 15 heavy (non-hydrogen) atoms. The van der Waals surface area contributed by atoms with Crippen LogP contribution in [0.25, 0.3) is 0 Å². The first-order valence-electron chi connectivity index (χ1n) is 4.77. The van der Waals surface area contributed by atoms with E-state index in [4.69, 9.17) is 5.11 Å². The molecule has 0 radical (unpaired) electrons. The van der Waals surface area contributed by atoms with Gasteiger partial charge in [0.1, 0.15) is 0 Å². The van der Waals surface area contributed by atoms with Crippen molar-refractivity contribution in [1.29, 1.82) is 0 Å². The molecule has 0 fully saturated rings. The standard InChI is InChI=1S/C11H15NO2S/c1-4-15-10-7-5-6-9(8(10)2)12(3)11(13)14/h5-7H,4H2,1-3H3,(H,13,14). The number of thioether (sulfide) groups is 1. The van der Waals surface area contributed by atoms with Crippen molar-refractivity contribution >= 4 is 23.5 Å². The Morgan fingerprint density at radius 3 is 2.73 bits per heavy atom. The first-order chi connectivity index (χ1) is 7.07. The molecule has 82 valence electrons. The van der Waals surface area contributed by atoms with Crippen LogP contribution in [0.15, 0.2) is 23.1 Å². The van der Waals surface area contributed by atoms with E-state index in [-0.39, 0.29) is 0 Å². The Labute approximate surface area is 94.1 Å². The molecule has 0 unspecified atom stereocenters. The molecule has 1 aromatic rings. The molecular formula is C11H15NO2S.